The number of ether oxygens (including phenoxy) is 1. The van der Waals surface area contributed by atoms with Crippen molar-refractivity contribution in [2.24, 2.45) is 5.41 Å². The van der Waals surface area contributed by atoms with Crippen LogP contribution in [0.4, 0.5) is 5.69 Å². The number of fused-ring (bicyclic) bond motifs is 1. The van der Waals surface area contributed by atoms with Crippen LogP contribution in [0.5, 0.6) is 5.75 Å². The van der Waals surface area contributed by atoms with Gasteiger partial charge in [-0.15, -0.1) is 0 Å². The molecular weight excluding hydrogens is 264 g/mol. The fourth-order valence-corrected chi connectivity index (χ4v) is 3.19. The molecule has 114 valence electrons. The second-order valence-corrected chi connectivity index (χ2v) is 6.40. The molecule has 1 unspecified atom stereocenters. The smallest absolute Gasteiger partial charge is 0.262 e. The summed E-state index contributed by atoms with van der Waals surface area (Å²) in [6, 6.07) is 6.32. The molecule has 1 atom stereocenters. The number of carbonyl (C=O) groups is 1. The van der Waals surface area contributed by atoms with Gasteiger partial charge in [0.05, 0.1) is 5.69 Å². The van der Waals surface area contributed by atoms with E-state index in [2.05, 4.69) is 30.5 Å². The number of rotatable bonds is 5. The summed E-state index contributed by atoms with van der Waals surface area (Å²) in [6.07, 6.45) is 5.31. The number of benzene rings is 1. The van der Waals surface area contributed by atoms with Crippen molar-refractivity contribution in [2.45, 2.75) is 45.6 Å². The van der Waals surface area contributed by atoms with Gasteiger partial charge in [-0.1, -0.05) is 19.4 Å². The second kappa shape index (κ2) is 5.68. The number of hydrogen-bond acceptors (Lipinski definition) is 3. The van der Waals surface area contributed by atoms with Crippen molar-refractivity contribution in [2.75, 3.05) is 18.5 Å². The van der Waals surface area contributed by atoms with Gasteiger partial charge >= 0.3 is 0 Å². The Morgan fingerprint density at radius 2 is 2.24 bits per heavy atom. The SMILES string of the molecule is CCC1(CNC(C)c2ccc3c(c2)NC(=O)CO3)CCC1. The molecule has 1 amide bonds. The Hall–Kier alpha value is -1.55. The molecule has 2 aliphatic rings. The van der Waals surface area contributed by atoms with Crippen LogP contribution >= 0.6 is 0 Å². The summed E-state index contributed by atoms with van der Waals surface area (Å²) < 4.78 is 5.40. The first-order valence-corrected chi connectivity index (χ1v) is 7.92. The topological polar surface area (TPSA) is 50.4 Å². The second-order valence-electron chi connectivity index (χ2n) is 6.40. The van der Waals surface area contributed by atoms with E-state index in [1.807, 2.05) is 12.1 Å². The van der Waals surface area contributed by atoms with Gasteiger partial charge in [-0.3, -0.25) is 4.79 Å². The molecule has 1 heterocycles. The lowest BCUT2D eigenvalue weighted by molar-refractivity contribution is -0.118. The number of anilines is 1. The lowest BCUT2D eigenvalue weighted by atomic mass is 9.67. The van der Waals surface area contributed by atoms with Gasteiger partial charge in [-0.05, 0) is 49.3 Å². The monoisotopic (exact) mass is 288 g/mol. The summed E-state index contributed by atoms with van der Waals surface area (Å²) in [4.78, 5) is 11.4. The fraction of sp³-hybridized carbons (Fsp3) is 0.588. The van der Waals surface area contributed by atoms with E-state index in [9.17, 15) is 4.79 Å². The molecule has 1 aromatic carbocycles. The Kier molecular flexibility index (Phi) is 3.89. The lowest BCUT2D eigenvalue weighted by Gasteiger charge is -2.42. The first kappa shape index (κ1) is 14.4. The van der Waals surface area contributed by atoms with Crippen molar-refractivity contribution in [3.63, 3.8) is 0 Å². The average molecular weight is 288 g/mol. The minimum absolute atomic E-state index is 0.0836. The van der Waals surface area contributed by atoms with Crippen LogP contribution in [-0.4, -0.2) is 19.1 Å². The quantitative estimate of drug-likeness (QED) is 0.874. The summed E-state index contributed by atoms with van der Waals surface area (Å²) in [7, 11) is 0. The third kappa shape index (κ3) is 2.91. The normalized spacial score (nSPS) is 20.8. The molecule has 0 radical (unpaired) electrons. The molecular formula is C17H24N2O2. The molecule has 0 bridgehead atoms. The van der Waals surface area contributed by atoms with Crippen LogP contribution in [0.25, 0.3) is 0 Å². The molecule has 4 heteroatoms. The van der Waals surface area contributed by atoms with E-state index in [0.29, 0.717) is 5.41 Å². The molecule has 1 aromatic rings. The van der Waals surface area contributed by atoms with Crippen LogP contribution < -0.4 is 15.4 Å². The largest absolute Gasteiger partial charge is 0.482 e. The van der Waals surface area contributed by atoms with E-state index in [0.717, 1.165) is 18.0 Å². The van der Waals surface area contributed by atoms with E-state index < -0.39 is 0 Å². The summed E-state index contributed by atoms with van der Waals surface area (Å²) in [5.74, 6) is 0.675. The fourth-order valence-electron chi connectivity index (χ4n) is 3.19. The van der Waals surface area contributed by atoms with Gasteiger partial charge in [0.25, 0.3) is 5.91 Å². The molecule has 1 fully saturated rings. The highest BCUT2D eigenvalue weighted by Gasteiger charge is 2.34. The highest BCUT2D eigenvalue weighted by atomic mass is 16.5. The molecule has 0 saturated heterocycles. The van der Waals surface area contributed by atoms with Gasteiger partial charge in [0, 0.05) is 12.6 Å². The lowest BCUT2D eigenvalue weighted by Crippen LogP contribution is -2.40. The number of nitrogens with one attached hydrogen (secondary N) is 2. The number of amides is 1. The van der Waals surface area contributed by atoms with Crippen molar-refractivity contribution in [3.05, 3.63) is 23.8 Å². The van der Waals surface area contributed by atoms with Crippen LogP contribution in [0.1, 0.15) is 51.1 Å². The molecule has 3 rings (SSSR count). The molecule has 0 spiro atoms. The van der Waals surface area contributed by atoms with E-state index in [-0.39, 0.29) is 18.6 Å². The van der Waals surface area contributed by atoms with Crippen molar-refractivity contribution >= 4 is 11.6 Å². The number of carbonyl (C=O) groups excluding carboxylic acids is 1. The maximum Gasteiger partial charge on any atom is 0.262 e. The zero-order chi connectivity index (χ0) is 14.9. The molecule has 1 aliphatic carbocycles. The van der Waals surface area contributed by atoms with Crippen molar-refractivity contribution < 1.29 is 9.53 Å². The summed E-state index contributed by atoms with van der Waals surface area (Å²) in [6.45, 7) is 5.65. The summed E-state index contributed by atoms with van der Waals surface area (Å²) in [5.41, 5.74) is 2.48. The molecule has 2 N–H and O–H groups in total. The Morgan fingerprint density at radius 1 is 1.43 bits per heavy atom. The average Bonchev–Trinajstić information content (AvgIpc) is 2.45. The highest BCUT2D eigenvalue weighted by Crippen LogP contribution is 2.43. The third-order valence-corrected chi connectivity index (χ3v) is 5.08. The first-order chi connectivity index (χ1) is 10.1. The maximum atomic E-state index is 11.4. The predicted octanol–water partition coefficient (Wildman–Crippen LogP) is 3.25. The van der Waals surface area contributed by atoms with E-state index in [1.165, 1.54) is 31.2 Å². The van der Waals surface area contributed by atoms with Crippen molar-refractivity contribution in [1.82, 2.24) is 5.32 Å². The van der Waals surface area contributed by atoms with Crippen LogP contribution in [0.15, 0.2) is 18.2 Å². The van der Waals surface area contributed by atoms with Crippen LogP contribution in [0, 0.1) is 5.41 Å². The summed E-state index contributed by atoms with van der Waals surface area (Å²) >= 11 is 0. The van der Waals surface area contributed by atoms with E-state index in [1.54, 1.807) is 0 Å². The highest BCUT2D eigenvalue weighted by molar-refractivity contribution is 5.95. The minimum atomic E-state index is -0.0836. The first-order valence-electron chi connectivity index (χ1n) is 7.92. The van der Waals surface area contributed by atoms with Crippen LogP contribution in [0.3, 0.4) is 0 Å². The Morgan fingerprint density at radius 3 is 2.90 bits per heavy atom. The van der Waals surface area contributed by atoms with Crippen molar-refractivity contribution in [1.29, 1.82) is 0 Å². The van der Waals surface area contributed by atoms with Crippen molar-refractivity contribution in [3.8, 4) is 5.75 Å². The Balaban J connectivity index is 1.66. The van der Waals surface area contributed by atoms with Gasteiger partial charge in [0.15, 0.2) is 6.61 Å². The van der Waals surface area contributed by atoms with E-state index in [4.69, 9.17) is 4.74 Å². The molecule has 4 nitrogen and oxygen atoms in total. The molecule has 1 saturated carbocycles. The van der Waals surface area contributed by atoms with Crippen LogP contribution in [0.2, 0.25) is 0 Å². The Labute approximate surface area is 126 Å². The van der Waals surface area contributed by atoms with Crippen LogP contribution in [-0.2, 0) is 4.79 Å². The minimum Gasteiger partial charge on any atom is -0.482 e. The summed E-state index contributed by atoms with van der Waals surface area (Å²) in [5, 5.41) is 6.53. The van der Waals surface area contributed by atoms with Gasteiger partial charge in [-0.2, -0.15) is 0 Å². The number of hydrogen-bond donors (Lipinski definition) is 2. The molecule has 1 aliphatic heterocycles. The van der Waals surface area contributed by atoms with E-state index >= 15 is 0 Å². The van der Waals surface area contributed by atoms with Gasteiger partial charge < -0.3 is 15.4 Å². The maximum absolute atomic E-state index is 11.4. The Bertz CT molecular complexity index is 532. The predicted molar refractivity (Wildman–Crippen MR) is 83.6 cm³/mol. The van der Waals surface area contributed by atoms with Gasteiger partial charge in [0.1, 0.15) is 5.75 Å². The molecule has 0 aromatic heterocycles. The molecule has 21 heavy (non-hydrogen) atoms. The van der Waals surface area contributed by atoms with Gasteiger partial charge in [0.2, 0.25) is 0 Å². The van der Waals surface area contributed by atoms with Gasteiger partial charge in [-0.25, -0.2) is 0 Å². The zero-order valence-electron chi connectivity index (χ0n) is 12.9. The third-order valence-electron chi connectivity index (χ3n) is 5.08. The zero-order valence-corrected chi connectivity index (χ0v) is 12.9. The standard InChI is InChI=1S/C17H24N2O2/c1-3-17(7-4-8-17)11-18-12(2)13-5-6-15-14(9-13)19-16(20)10-21-15/h5-6,9,12,18H,3-4,7-8,10-11H2,1-2H3,(H,19,20).